The van der Waals surface area contributed by atoms with Crippen LogP contribution in [0.2, 0.25) is 0 Å². The van der Waals surface area contributed by atoms with Crippen molar-refractivity contribution in [3.05, 3.63) is 64.0 Å². The third-order valence-electron chi connectivity index (χ3n) is 4.26. The first kappa shape index (κ1) is 24.2. The molecule has 0 unspecified atom stereocenters. The number of nitro groups is 1. The number of benzene rings is 2. The standard InChI is InChI=1S/C19H12F6N4O3S/c1-9(15(30)26-14-7-6-10(29(31)32)8-12(14)18(20,21)22)33-16-11-4-2-3-5-13(11)27-17(28-16)19(23,24)25/h2-9H,1H3,(H,26,30)/t9-/m1/s1. The number of thioether (sulfide) groups is 1. The van der Waals surface area contributed by atoms with E-state index in [1.807, 2.05) is 5.32 Å². The molecule has 14 heteroatoms. The Labute approximate surface area is 185 Å². The average Bonchev–Trinajstić information content (AvgIpc) is 2.72. The van der Waals surface area contributed by atoms with Crippen molar-refractivity contribution in [3.63, 3.8) is 0 Å². The van der Waals surface area contributed by atoms with Crippen LogP contribution in [-0.4, -0.2) is 26.0 Å². The molecule has 0 bridgehead atoms. The predicted octanol–water partition coefficient (Wildman–Crippen LogP) is 5.69. The highest BCUT2D eigenvalue weighted by Crippen LogP contribution is 2.38. The number of nitrogens with one attached hydrogen (secondary N) is 1. The Morgan fingerprint density at radius 2 is 1.73 bits per heavy atom. The molecule has 0 fully saturated rings. The Hall–Kier alpha value is -3.42. The van der Waals surface area contributed by atoms with Gasteiger partial charge in [0, 0.05) is 17.5 Å². The smallest absolute Gasteiger partial charge is 0.325 e. The molecular formula is C19H12F6N4O3S. The molecule has 1 heterocycles. The average molecular weight is 490 g/mol. The molecule has 3 rings (SSSR count). The SMILES string of the molecule is C[C@@H](Sc1nc(C(F)(F)F)nc2ccccc12)C(=O)Nc1ccc([N+](=O)[O-])cc1C(F)(F)F. The molecule has 3 aromatic rings. The van der Waals surface area contributed by atoms with Gasteiger partial charge in [-0.1, -0.05) is 30.0 Å². The van der Waals surface area contributed by atoms with Crippen molar-refractivity contribution in [2.75, 3.05) is 5.32 Å². The van der Waals surface area contributed by atoms with Crippen LogP contribution in [0.1, 0.15) is 18.3 Å². The molecule has 1 N–H and O–H groups in total. The van der Waals surface area contributed by atoms with E-state index < -0.39 is 51.2 Å². The Bertz CT molecular complexity index is 1230. The molecule has 0 spiro atoms. The van der Waals surface area contributed by atoms with Crippen molar-refractivity contribution < 1.29 is 36.1 Å². The Morgan fingerprint density at radius 1 is 1.06 bits per heavy atom. The number of anilines is 1. The van der Waals surface area contributed by atoms with Gasteiger partial charge in [0.05, 0.1) is 26.9 Å². The summed E-state index contributed by atoms with van der Waals surface area (Å²) < 4.78 is 79.4. The second-order valence-corrected chi connectivity index (χ2v) is 7.93. The molecule has 1 amide bonds. The van der Waals surface area contributed by atoms with Gasteiger partial charge >= 0.3 is 12.4 Å². The number of amides is 1. The zero-order valence-corrected chi connectivity index (χ0v) is 17.2. The maximum absolute atomic E-state index is 13.3. The Kier molecular flexibility index (Phi) is 6.49. The minimum absolute atomic E-state index is 0.0235. The van der Waals surface area contributed by atoms with Crippen LogP contribution in [0, 0.1) is 10.1 Å². The van der Waals surface area contributed by atoms with E-state index in [-0.39, 0.29) is 22.0 Å². The number of carbonyl (C=O) groups excluding carboxylic acids is 1. The summed E-state index contributed by atoms with van der Waals surface area (Å²) in [4.78, 5) is 29.2. The van der Waals surface area contributed by atoms with Crippen molar-refractivity contribution >= 4 is 39.9 Å². The van der Waals surface area contributed by atoms with E-state index in [1.165, 1.54) is 31.2 Å². The van der Waals surface area contributed by atoms with Crippen molar-refractivity contribution in [1.29, 1.82) is 0 Å². The Morgan fingerprint density at radius 3 is 2.33 bits per heavy atom. The summed E-state index contributed by atoms with van der Waals surface area (Å²) >= 11 is 0.599. The van der Waals surface area contributed by atoms with Gasteiger partial charge in [-0.05, 0) is 19.1 Å². The number of para-hydroxylation sites is 1. The number of rotatable bonds is 5. The fourth-order valence-electron chi connectivity index (χ4n) is 2.71. The van der Waals surface area contributed by atoms with Crippen LogP contribution in [0.5, 0.6) is 0 Å². The van der Waals surface area contributed by atoms with Gasteiger partial charge < -0.3 is 5.32 Å². The summed E-state index contributed by atoms with van der Waals surface area (Å²) in [6, 6.07) is 7.57. The first-order valence-corrected chi connectivity index (χ1v) is 9.82. The molecule has 0 radical (unpaired) electrons. The molecule has 1 aromatic heterocycles. The van der Waals surface area contributed by atoms with Crippen LogP contribution in [0.3, 0.4) is 0 Å². The van der Waals surface area contributed by atoms with Crippen molar-refractivity contribution in [1.82, 2.24) is 9.97 Å². The molecule has 0 aliphatic heterocycles. The molecule has 33 heavy (non-hydrogen) atoms. The van der Waals surface area contributed by atoms with Gasteiger partial charge in [-0.2, -0.15) is 26.3 Å². The molecular weight excluding hydrogens is 478 g/mol. The molecule has 7 nitrogen and oxygen atoms in total. The third-order valence-corrected chi connectivity index (χ3v) is 5.36. The lowest BCUT2D eigenvalue weighted by atomic mass is 10.1. The van der Waals surface area contributed by atoms with Crippen LogP contribution in [-0.2, 0) is 17.1 Å². The largest absolute Gasteiger partial charge is 0.451 e. The Balaban J connectivity index is 1.91. The molecule has 0 aliphatic rings. The highest BCUT2D eigenvalue weighted by molar-refractivity contribution is 8.00. The molecule has 1 atom stereocenters. The van der Waals surface area contributed by atoms with E-state index in [2.05, 4.69) is 9.97 Å². The minimum atomic E-state index is -5.00. The monoisotopic (exact) mass is 490 g/mol. The summed E-state index contributed by atoms with van der Waals surface area (Å²) in [6.45, 7) is 1.27. The zero-order valence-electron chi connectivity index (χ0n) is 16.4. The summed E-state index contributed by atoms with van der Waals surface area (Å²) in [7, 11) is 0. The first-order chi connectivity index (χ1) is 15.3. The summed E-state index contributed by atoms with van der Waals surface area (Å²) in [5, 5.41) is 11.7. The fraction of sp³-hybridized carbons (Fsp3) is 0.211. The highest BCUT2D eigenvalue weighted by atomic mass is 32.2. The van der Waals surface area contributed by atoms with Gasteiger partial charge in [0.15, 0.2) is 0 Å². The summed E-state index contributed by atoms with van der Waals surface area (Å²) in [5.41, 5.74) is -3.01. The van der Waals surface area contributed by atoms with Gasteiger partial charge in [0.2, 0.25) is 11.7 Å². The number of carbonyl (C=O) groups is 1. The lowest BCUT2D eigenvalue weighted by Crippen LogP contribution is -2.24. The molecule has 174 valence electrons. The van der Waals surface area contributed by atoms with E-state index in [4.69, 9.17) is 0 Å². The van der Waals surface area contributed by atoms with Crippen LogP contribution in [0.15, 0.2) is 47.5 Å². The quantitative estimate of drug-likeness (QED) is 0.162. The molecule has 0 saturated heterocycles. The lowest BCUT2D eigenvalue weighted by molar-refractivity contribution is -0.385. The summed E-state index contributed by atoms with van der Waals surface area (Å²) in [6.07, 6.45) is -9.86. The number of aromatic nitrogens is 2. The van der Waals surface area contributed by atoms with E-state index in [9.17, 15) is 41.3 Å². The van der Waals surface area contributed by atoms with E-state index in [0.29, 0.717) is 11.8 Å². The van der Waals surface area contributed by atoms with Gasteiger partial charge in [0.25, 0.3) is 5.69 Å². The normalized spacial score (nSPS) is 13.1. The highest BCUT2D eigenvalue weighted by Gasteiger charge is 2.37. The second kappa shape index (κ2) is 8.84. The van der Waals surface area contributed by atoms with Gasteiger partial charge in [-0.15, -0.1) is 0 Å². The van der Waals surface area contributed by atoms with E-state index in [0.717, 1.165) is 12.1 Å². The lowest BCUT2D eigenvalue weighted by Gasteiger charge is -2.17. The zero-order chi connectivity index (χ0) is 24.6. The van der Waals surface area contributed by atoms with Gasteiger partial charge in [-0.25, -0.2) is 9.97 Å². The van der Waals surface area contributed by atoms with Crippen molar-refractivity contribution in [2.45, 2.75) is 29.6 Å². The predicted molar refractivity (Wildman–Crippen MR) is 107 cm³/mol. The van der Waals surface area contributed by atoms with Crippen molar-refractivity contribution in [3.8, 4) is 0 Å². The number of alkyl halides is 6. The van der Waals surface area contributed by atoms with Crippen LogP contribution < -0.4 is 5.32 Å². The van der Waals surface area contributed by atoms with Crippen LogP contribution in [0.25, 0.3) is 10.9 Å². The molecule has 0 aliphatic carbocycles. The van der Waals surface area contributed by atoms with Crippen LogP contribution in [0.4, 0.5) is 37.7 Å². The maximum atomic E-state index is 13.3. The minimum Gasteiger partial charge on any atom is -0.325 e. The topological polar surface area (TPSA) is 98.0 Å². The second-order valence-electron chi connectivity index (χ2n) is 6.60. The van der Waals surface area contributed by atoms with E-state index >= 15 is 0 Å². The summed E-state index contributed by atoms with van der Waals surface area (Å²) in [5.74, 6) is -2.40. The molecule has 2 aromatic carbocycles. The van der Waals surface area contributed by atoms with E-state index in [1.54, 1.807) is 0 Å². The number of nitrogens with zero attached hydrogens (tertiary/aromatic N) is 3. The number of halogens is 6. The fourth-order valence-corrected chi connectivity index (χ4v) is 3.65. The van der Waals surface area contributed by atoms with Gasteiger partial charge in [-0.3, -0.25) is 14.9 Å². The number of hydrogen-bond donors (Lipinski definition) is 1. The number of non-ortho nitro benzene ring substituents is 1. The first-order valence-electron chi connectivity index (χ1n) is 8.94. The maximum Gasteiger partial charge on any atom is 0.451 e. The number of hydrogen-bond acceptors (Lipinski definition) is 6. The number of nitro benzene ring substituents is 1. The molecule has 0 saturated carbocycles. The number of fused-ring (bicyclic) bond motifs is 1. The van der Waals surface area contributed by atoms with Gasteiger partial charge in [0.1, 0.15) is 5.03 Å². The third kappa shape index (κ3) is 5.50. The van der Waals surface area contributed by atoms with Crippen LogP contribution >= 0.6 is 11.8 Å². The van der Waals surface area contributed by atoms with Crippen molar-refractivity contribution in [2.24, 2.45) is 0 Å².